The van der Waals surface area contributed by atoms with Gasteiger partial charge in [-0.1, -0.05) is 0 Å². The fraction of sp³-hybridized carbons (Fsp3) is 0.778. The largest absolute Gasteiger partial charge is 0.481 e. The number of nitrogens with one attached hydrogen (secondary N) is 1. The molecule has 0 radical (unpaired) electrons. The van der Waals surface area contributed by atoms with Crippen LogP contribution >= 0.6 is 0 Å². The molecule has 74 valence electrons. The Morgan fingerprint density at radius 2 is 1.77 bits per heavy atom. The van der Waals surface area contributed by atoms with Gasteiger partial charge in [0.1, 0.15) is 0 Å². The summed E-state index contributed by atoms with van der Waals surface area (Å²) >= 11 is 0. The molecule has 0 atom stereocenters. The molecule has 0 spiro atoms. The Morgan fingerprint density at radius 3 is 2.15 bits per heavy atom. The predicted molar refractivity (Wildman–Crippen MR) is 47.2 cm³/mol. The van der Waals surface area contributed by atoms with Gasteiger partial charge in [0, 0.05) is 13.0 Å². The lowest BCUT2D eigenvalue weighted by Gasteiger charge is -2.26. The number of carbonyl (C=O) groups excluding carboxylic acids is 1. The van der Waals surface area contributed by atoms with Crippen LogP contribution in [0.3, 0.4) is 0 Å². The van der Waals surface area contributed by atoms with Crippen LogP contribution in [-0.4, -0.2) is 23.0 Å². The number of amides is 1. The Kier molecular flexibility index (Phi) is 3.28. The maximum atomic E-state index is 10.7. The van der Waals surface area contributed by atoms with Crippen LogP contribution in [-0.2, 0) is 9.59 Å². The molecule has 13 heavy (non-hydrogen) atoms. The van der Waals surface area contributed by atoms with Gasteiger partial charge in [0.05, 0.1) is 5.92 Å². The van der Waals surface area contributed by atoms with E-state index in [0.29, 0.717) is 12.8 Å². The van der Waals surface area contributed by atoms with E-state index in [-0.39, 0.29) is 17.9 Å². The van der Waals surface area contributed by atoms with Crippen LogP contribution in [0.25, 0.3) is 0 Å². The van der Waals surface area contributed by atoms with Crippen LogP contribution < -0.4 is 5.32 Å². The first kappa shape index (κ1) is 10.0. The third-order valence-electron chi connectivity index (χ3n) is 2.48. The molecule has 1 aliphatic rings. The Hall–Kier alpha value is -1.06. The summed E-state index contributed by atoms with van der Waals surface area (Å²) in [5.41, 5.74) is 0. The van der Waals surface area contributed by atoms with E-state index in [1.807, 2.05) is 0 Å². The summed E-state index contributed by atoms with van der Waals surface area (Å²) in [6, 6.07) is 0.188. The molecule has 0 aromatic carbocycles. The fourth-order valence-electron chi connectivity index (χ4n) is 1.77. The standard InChI is InChI=1S/C9H15NO3/c1-6(11)10-8-4-2-7(3-5-8)9(12)13/h7-8H,2-5H2,1H3,(H,10,11)(H,12,13)/t7-,8-. The molecular formula is C9H15NO3. The lowest BCUT2D eigenvalue weighted by molar-refractivity contribution is -0.142. The molecule has 1 fully saturated rings. The van der Waals surface area contributed by atoms with E-state index in [1.165, 1.54) is 6.92 Å². The normalized spacial score (nSPS) is 28.1. The molecule has 4 nitrogen and oxygen atoms in total. The van der Waals surface area contributed by atoms with E-state index in [2.05, 4.69) is 5.32 Å². The van der Waals surface area contributed by atoms with Crippen molar-refractivity contribution in [3.8, 4) is 0 Å². The molecule has 1 saturated carbocycles. The average molecular weight is 185 g/mol. The van der Waals surface area contributed by atoms with Gasteiger partial charge in [-0.15, -0.1) is 0 Å². The topological polar surface area (TPSA) is 66.4 Å². The number of carbonyl (C=O) groups is 2. The summed E-state index contributed by atoms with van der Waals surface area (Å²) < 4.78 is 0. The second kappa shape index (κ2) is 4.25. The molecule has 1 amide bonds. The highest BCUT2D eigenvalue weighted by Gasteiger charge is 2.25. The second-order valence-electron chi connectivity index (χ2n) is 3.59. The summed E-state index contributed by atoms with van der Waals surface area (Å²) in [4.78, 5) is 21.3. The van der Waals surface area contributed by atoms with Crippen molar-refractivity contribution in [3.63, 3.8) is 0 Å². The molecule has 0 unspecified atom stereocenters. The minimum atomic E-state index is -0.707. The van der Waals surface area contributed by atoms with Crippen molar-refractivity contribution in [2.45, 2.75) is 38.6 Å². The summed E-state index contributed by atoms with van der Waals surface area (Å²) in [7, 11) is 0. The maximum Gasteiger partial charge on any atom is 0.306 e. The van der Waals surface area contributed by atoms with Crippen molar-refractivity contribution in [1.82, 2.24) is 5.32 Å². The zero-order chi connectivity index (χ0) is 9.84. The van der Waals surface area contributed by atoms with Crippen LogP contribution in [0.4, 0.5) is 0 Å². The van der Waals surface area contributed by atoms with Crippen molar-refractivity contribution in [2.24, 2.45) is 5.92 Å². The van der Waals surface area contributed by atoms with Crippen molar-refractivity contribution < 1.29 is 14.7 Å². The molecule has 1 aliphatic carbocycles. The van der Waals surface area contributed by atoms with Crippen LogP contribution in [0.2, 0.25) is 0 Å². The number of carboxylic acids is 1. The number of aliphatic carboxylic acids is 1. The van der Waals surface area contributed by atoms with Gasteiger partial charge >= 0.3 is 5.97 Å². The Balaban J connectivity index is 2.30. The van der Waals surface area contributed by atoms with Gasteiger partial charge < -0.3 is 10.4 Å². The van der Waals surface area contributed by atoms with E-state index in [1.54, 1.807) is 0 Å². The average Bonchev–Trinajstić information content (AvgIpc) is 2.04. The third-order valence-corrected chi connectivity index (χ3v) is 2.48. The van der Waals surface area contributed by atoms with E-state index in [9.17, 15) is 9.59 Å². The predicted octanol–water partition coefficient (Wildman–Crippen LogP) is 0.766. The zero-order valence-electron chi connectivity index (χ0n) is 7.75. The fourth-order valence-corrected chi connectivity index (χ4v) is 1.77. The van der Waals surface area contributed by atoms with Gasteiger partial charge in [0.2, 0.25) is 5.91 Å². The van der Waals surface area contributed by atoms with Gasteiger partial charge in [-0.05, 0) is 25.7 Å². The molecule has 1 rings (SSSR count). The summed E-state index contributed by atoms with van der Waals surface area (Å²) in [5.74, 6) is -0.940. The third kappa shape index (κ3) is 3.05. The van der Waals surface area contributed by atoms with Crippen LogP contribution in [0, 0.1) is 5.92 Å². The van der Waals surface area contributed by atoms with Crippen molar-refractivity contribution in [3.05, 3.63) is 0 Å². The smallest absolute Gasteiger partial charge is 0.306 e. The van der Waals surface area contributed by atoms with Crippen molar-refractivity contribution in [2.75, 3.05) is 0 Å². The monoisotopic (exact) mass is 185 g/mol. The Labute approximate surface area is 77.3 Å². The zero-order valence-corrected chi connectivity index (χ0v) is 7.75. The van der Waals surface area contributed by atoms with Gasteiger partial charge in [-0.3, -0.25) is 9.59 Å². The highest BCUT2D eigenvalue weighted by atomic mass is 16.4. The molecule has 0 bridgehead atoms. The first-order valence-corrected chi connectivity index (χ1v) is 4.59. The quantitative estimate of drug-likeness (QED) is 0.667. The van der Waals surface area contributed by atoms with Crippen LogP contribution in [0.5, 0.6) is 0 Å². The van der Waals surface area contributed by atoms with Crippen LogP contribution in [0.1, 0.15) is 32.6 Å². The number of hydrogen-bond donors (Lipinski definition) is 2. The van der Waals surface area contributed by atoms with E-state index < -0.39 is 5.97 Å². The molecule has 0 aromatic rings. The molecule has 0 aliphatic heterocycles. The van der Waals surface area contributed by atoms with Gasteiger partial charge in [-0.25, -0.2) is 0 Å². The van der Waals surface area contributed by atoms with E-state index in [4.69, 9.17) is 5.11 Å². The molecule has 0 aromatic heterocycles. The Morgan fingerprint density at radius 1 is 1.23 bits per heavy atom. The molecule has 0 heterocycles. The lowest BCUT2D eigenvalue weighted by Crippen LogP contribution is -2.37. The van der Waals surface area contributed by atoms with Gasteiger partial charge in [-0.2, -0.15) is 0 Å². The summed E-state index contributed by atoms with van der Waals surface area (Å²) in [6.07, 6.45) is 2.94. The minimum absolute atomic E-state index is 0.0289. The molecule has 2 N–H and O–H groups in total. The summed E-state index contributed by atoms with van der Waals surface area (Å²) in [6.45, 7) is 1.49. The highest BCUT2D eigenvalue weighted by Crippen LogP contribution is 2.24. The highest BCUT2D eigenvalue weighted by molar-refractivity contribution is 5.73. The number of carboxylic acid groups (broad SMARTS) is 1. The van der Waals surface area contributed by atoms with Crippen LogP contribution in [0.15, 0.2) is 0 Å². The first-order chi connectivity index (χ1) is 6.09. The van der Waals surface area contributed by atoms with E-state index >= 15 is 0 Å². The number of rotatable bonds is 2. The summed E-state index contributed by atoms with van der Waals surface area (Å²) in [5, 5.41) is 11.5. The molecule has 0 saturated heterocycles. The SMILES string of the molecule is CC(=O)N[C@H]1CC[C@H](C(=O)O)CC1. The van der Waals surface area contributed by atoms with Crippen molar-refractivity contribution >= 4 is 11.9 Å². The van der Waals surface area contributed by atoms with Gasteiger partial charge in [0.15, 0.2) is 0 Å². The minimum Gasteiger partial charge on any atom is -0.481 e. The van der Waals surface area contributed by atoms with E-state index in [0.717, 1.165) is 12.8 Å². The second-order valence-corrected chi connectivity index (χ2v) is 3.59. The maximum absolute atomic E-state index is 10.7. The molecule has 4 heteroatoms. The lowest BCUT2D eigenvalue weighted by atomic mass is 9.86. The molecular weight excluding hydrogens is 170 g/mol. The Bertz CT molecular complexity index is 207. The van der Waals surface area contributed by atoms with Gasteiger partial charge in [0.25, 0.3) is 0 Å². The van der Waals surface area contributed by atoms with Crippen molar-refractivity contribution in [1.29, 1.82) is 0 Å². The first-order valence-electron chi connectivity index (χ1n) is 4.59. The number of hydrogen-bond acceptors (Lipinski definition) is 2.